The number of hydrogen-bond donors (Lipinski definition) is 1. The minimum absolute atomic E-state index is 0.156. The zero-order valence-electron chi connectivity index (χ0n) is 9.46. The first kappa shape index (κ1) is 13.2. The van der Waals surface area contributed by atoms with E-state index >= 15 is 0 Å². The molecule has 0 amide bonds. The van der Waals surface area contributed by atoms with Gasteiger partial charge in [-0.05, 0) is 19.1 Å². The predicted octanol–water partition coefficient (Wildman–Crippen LogP) is 0.906. The minimum atomic E-state index is -1.48. The highest BCUT2D eigenvalue weighted by molar-refractivity contribution is 5.82. The molecule has 0 radical (unpaired) electrons. The summed E-state index contributed by atoms with van der Waals surface area (Å²) in [7, 11) is 0. The van der Waals surface area contributed by atoms with E-state index in [1.165, 1.54) is 0 Å². The van der Waals surface area contributed by atoms with Crippen molar-refractivity contribution in [3.63, 3.8) is 0 Å². The molecule has 0 aliphatic carbocycles. The van der Waals surface area contributed by atoms with Crippen LogP contribution in [0.1, 0.15) is 13.3 Å². The molecule has 1 aromatic carbocycles. The maximum absolute atomic E-state index is 11.3. The van der Waals surface area contributed by atoms with Crippen molar-refractivity contribution in [2.24, 2.45) is 0 Å². The van der Waals surface area contributed by atoms with E-state index in [4.69, 9.17) is 4.74 Å². The normalized spacial score (nSPS) is 11.6. The second-order valence-electron chi connectivity index (χ2n) is 3.26. The van der Waals surface area contributed by atoms with E-state index in [-0.39, 0.29) is 6.61 Å². The van der Waals surface area contributed by atoms with Gasteiger partial charge in [0.05, 0.1) is 13.0 Å². The summed E-state index contributed by atoms with van der Waals surface area (Å²) in [6.07, 6.45) is -1.90. The topological polar surface area (TPSA) is 72.8 Å². The molecule has 92 valence electrons. The first-order valence-electron chi connectivity index (χ1n) is 5.24. The van der Waals surface area contributed by atoms with Crippen LogP contribution in [0.5, 0.6) is 5.75 Å². The van der Waals surface area contributed by atoms with Gasteiger partial charge in [-0.25, -0.2) is 4.79 Å². The lowest BCUT2D eigenvalue weighted by atomic mass is 10.2. The van der Waals surface area contributed by atoms with Gasteiger partial charge in [0.2, 0.25) is 0 Å². The lowest BCUT2D eigenvalue weighted by Crippen LogP contribution is -2.27. The van der Waals surface area contributed by atoms with E-state index in [9.17, 15) is 14.7 Å². The zero-order valence-corrected chi connectivity index (χ0v) is 9.46. The molecule has 0 unspecified atom stereocenters. The molecule has 5 nitrogen and oxygen atoms in total. The Bertz CT molecular complexity index is 374. The lowest BCUT2D eigenvalue weighted by Gasteiger charge is -2.09. The minimum Gasteiger partial charge on any atom is -0.464 e. The van der Waals surface area contributed by atoms with Crippen molar-refractivity contribution >= 4 is 11.9 Å². The third-order valence-electron chi connectivity index (χ3n) is 1.89. The molecular formula is C12H14O5. The molecule has 0 spiro atoms. The second kappa shape index (κ2) is 6.65. The first-order valence-corrected chi connectivity index (χ1v) is 5.24. The summed E-state index contributed by atoms with van der Waals surface area (Å²) in [6.45, 7) is 1.77. The van der Waals surface area contributed by atoms with Crippen LogP contribution < -0.4 is 4.74 Å². The highest BCUT2D eigenvalue weighted by atomic mass is 16.6. The summed E-state index contributed by atoms with van der Waals surface area (Å²) in [4.78, 5) is 22.4. The smallest absolute Gasteiger partial charge is 0.335 e. The van der Waals surface area contributed by atoms with Crippen LogP contribution in [0.2, 0.25) is 0 Å². The van der Waals surface area contributed by atoms with Gasteiger partial charge in [0.15, 0.2) is 6.10 Å². The monoisotopic (exact) mass is 238 g/mol. The van der Waals surface area contributed by atoms with Crippen molar-refractivity contribution in [2.45, 2.75) is 19.4 Å². The van der Waals surface area contributed by atoms with Crippen LogP contribution in [0, 0.1) is 0 Å². The van der Waals surface area contributed by atoms with E-state index in [1.54, 1.807) is 37.3 Å². The average Bonchev–Trinajstić information content (AvgIpc) is 2.30. The van der Waals surface area contributed by atoms with E-state index in [1.807, 2.05) is 0 Å². The van der Waals surface area contributed by atoms with Crippen molar-refractivity contribution in [3.05, 3.63) is 30.3 Å². The lowest BCUT2D eigenvalue weighted by molar-refractivity contribution is -0.157. The third-order valence-corrected chi connectivity index (χ3v) is 1.89. The fraction of sp³-hybridized carbons (Fsp3) is 0.333. The molecule has 0 saturated carbocycles. The molecule has 5 heteroatoms. The summed E-state index contributed by atoms with van der Waals surface area (Å²) in [6, 6.07) is 8.42. The molecule has 0 aromatic heterocycles. The number of ether oxygens (including phenoxy) is 2. The van der Waals surface area contributed by atoms with Crippen molar-refractivity contribution < 1.29 is 24.2 Å². The standard InChI is InChI=1S/C12H14O5/c1-2-16-12(15)10(13)8-11(14)17-9-6-4-3-5-7-9/h3-7,10,13H,2,8H2,1H3/t10-/m1/s1. The molecule has 17 heavy (non-hydrogen) atoms. The van der Waals surface area contributed by atoms with Crippen molar-refractivity contribution in [3.8, 4) is 5.75 Å². The Morgan fingerprint density at radius 2 is 1.94 bits per heavy atom. The predicted molar refractivity (Wildman–Crippen MR) is 59.3 cm³/mol. The quantitative estimate of drug-likeness (QED) is 0.609. The highest BCUT2D eigenvalue weighted by Crippen LogP contribution is 2.10. The Morgan fingerprint density at radius 3 is 2.53 bits per heavy atom. The number of esters is 2. The number of rotatable bonds is 5. The molecule has 0 aliphatic rings. The largest absolute Gasteiger partial charge is 0.464 e. The van der Waals surface area contributed by atoms with Crippen LogP contribution in [0.25, 0.3) is 0 Å². The summed E-state index contributed by atoms with van der Waals surface area (Å²) < 4.78 is 9.46. The van der Waals surface area contributed by atoms with Crippen LogP contribution in [0.3, 0.4) is 0 Å². The number of carbonyl (C=O) groups is 2. The Labute approximate surface area is 99.0 Å². The summed E-state index contributed by atoms with van der Waals surface area (Å²) in [5, 5.41) is 9.32. The van der Waals surface area contributed by atoms with Gasteiger partial charge in [0.25, 0.3) is 0 Å². The van der Waals surface area contributed by atoms with Gasteiger partial charge in [0.1, 0.15) is 5.75 Å². The fourth-order valence-electron chi connectivity index (χ4n) is 1.14. The van der Waals surface area contributed by atoms with Gasteiger partial charge < -0.3 is 14.6 Å². The number of benzene rings is 1. The maximum atomic E-state index is 11.3. The summed E-state index contributed by atoms with van der Waals surface area (Å²) >= 11 is 0. The number of carbonyl (C=O) groups excluding carboxylic acids is 2. The van der Waals surface area contributed by atoms with Gasteiger partial charge in [0, 0.05) is 0 Å². The number of aliphatic hydroxyl groups excluding tert-OH is 1. The molecule has 1 N–H and O–H groups in total. The average molecular weight is 238 g/mol. The van der Waals surface area contributed by atoms with Gasteiger partial charge in [-0.15, -0.1) is 0 Å². The summed E-state index contributed by atoms with van der Waals surface area (Å²) in [5.41, 5.74) is 0. The van der Waals surface area contributed by atoms with Gasteiger partial charge in [-0.1, -0.05) is 18.2 Å². The Morgan fingerprint density at radius 1 is 1.29 bits per heavy atom. The highest BCUT2D eigenvalue weighted by Gasteiger charge is 2.21. The number of para-hydroxylation sites is 1. The van der Waals surface area contributed by atoms with Crippen LogP contribution in [-0.4, -0.2) is 29.8 Å². The summed E-state index contributed by atoms with van der Waals surface area (Å²) in [5.74, 6) is -1.14. The Kier molecular flexibility index (Phi) is 5.16. The van der Waals surface area contributed by atoms with Crippen LogP contribution in [0.15, 0.2) is 30.3 Å². The molecule has 0 fully saturated rings. The SMILES string of the molecule is CCOC(=O)[C@H](O)CC(=O)Oc1ccccc1. The van der Waals surface area contributed by atoms with E-state index in [0.717, 1.165) is 0 Å². The third kappa shape index (κ3) is 4.65. The second-order valence-corrected chi connectivity index (χ2v) is 3.26. The van der Waals surface area contributed by atoms with Crippen molar-refractivity contribution in [1.82, 2.24) is 0 Å². The van der Waals surface area contributed by atoms with E-state index in [0.29, 0.717) is 5.75 Å². The van der Waals surface area contributed by atoms with Gasteiger partial charge in [-0.2, -0.15) is 0 Å². The van der Waals surface area contributed by atoms with Crippen molar-refractivity contribution in [2.75, 3.05) is 6.61 Å². The van der Waals surface area contributed by atoms with E-state index < -0.39 is 24.5 Å². The first-order chi connectivity index (χ1) is 8.13. The molecule has 1 rings (SSSR count). The van der Waals surface area contributed by atoms with Crippen molar-refractivity contribution in [1.29, 1.82) is 0 Å². The Hall–Kier alpha value is -1.88. The molecule has 0 saturated heterocycles. The van der Waals surface area contributed by atoms with E-state index in [2.05, 4.69) is 4.74 Å². The van der Waals surface area contributed by atoms with Crippen LogP contribution >= 0.6 is 0 Å². The van der Waals surface area contributed by atoms with Gasteiger partial charge in [-0.3, -0.25) is 4.79 Å². The molecule has 1 atom stereocenters. The molecular weight excluding hydrogens is 224 g/mol. The maximum Gasteiger partial charge on any atom is 0.335 e. The van der Waals surface area contributed by atoms with Crippen LogP contribution in [-0.2, 0) is 14.3 Å². The zero-order chi connectivity index (χ0) is 12.7. The molecule has 0 aliphatic heterocycles. The fourth-order valence-corrected chi connectivity index (χ4v) is 1.14. The number of aliphatic hydroxyl groups is 1. The van der Waals surface area contributed by atoms with Crippen LogP contribution in [0.4, 0.5) is 0 Å². The molecule has 1 aromatic rings. The molecule has 0 heterocycles. The Balaban J connectivity index is 2.42. The van der Waals surface area contributed by atoms with Gasteiger partial charge >= 0.3 is 11.9 Å². The molecule has 0 bridgehead atoms. The number of hydrogen-bond acceptors (Lipinski definition) is 5.